The van der Waals surface area contributed by atoms with E-state index in [1.807, 2.05) is 5.10 Å². The lowest BCUT2D eigenvalue weighted by molar-refractivity contribution is -0.141. The van der Waals surface area contributed by atoms with Crippen LogP contribution in [0.4, 0.5) is 23.4 Å². The van der Waals surface area contributed by atoms with Crippen molar-refractivity contribution >= 4 is 17.4 Å². The molecular weight excluding hydrogens is 344 g/mol. The third kappa shape index (κ3) is 3.47. The predicted octanol–water partition coefficient (Wildman–Crippen LogP) is 3.01. The molecule has 2 N–H and O–H groups in total. The summed E-state index contributed by atoms with van der Waals surface area (Å²) in [6, 6.07) is 5.62. The zero-order chi connectivity index (χ0) is 18.2. The van der Waals surface area contributed by atoms with E-state index < -0.39 is 29.7 Å². The summed E-state index contributed by atoms with van der Waals surface area (Å²) in [6.07, 6.45) is -5.58. The quantitative estimate of drug-likeness (QED) is 0.830. The van der Waals surface area contributed by atoms with Crippen LogP contribution < -0.4 is 5.32 Å². The molecule has 2 heterocycles. The smallest absolute Gasteiger partial charge is 0.382 e. The van der Waals surface area contributed by atoms with Gasteiger partial charge in [-0.2, -0.15) is 18.3 Å². The van der Waals surface area contributed by atoms with Crippen molar-refractivity contribution in [1.29, 1.82) is 0 Å². The number of carbonyl (C=O) groups excluding carboxylic acids is 1. The molecule has 1 aromatic heterocycles. The van der Waals surface area contributed by atoms with E-state index in [0.29, 0.717) is 11.3 Å². The van der Waals surface area contributed by atoms with Gasteiger partial charge in [0.05, 0.1) is 5.71 Å². The summed E-state index contributed by atoms with van der Waals surface area (Å²) in [4.78, 5) is 17.2. The number of carbonyl (C=O) groups is 1. The summed E-state index contributed by atoms with van der Waals surface area (Å²) in [5.41, 5.74) is -0.433. The topological polar surface area (TPSA) is 79.4 Å². The molecule has 132 valence electrons. The molecule has 0 aliphatic carbocycles. The number of nitrogens with one attached hydrogen (secondary N) is 2. The molecule has 2 aromatic rings. The minimum Gasteiger partial charge on any atom is -0.382 e. The Hall–Kier alpha value is -2.91. The fraction of sp³-hybridized carbons (Fsp3) is 0.267. The largest absolute Gasteiger partial charge is 0.433 e. The monoisotopic (exact) mass is 356 g/mol. The van der Waals surface area contributed by atoms with Gasteiger partial charge in [0.15, 0.2) is 5.82 Å². The Morgan fingerprint density at radius 2 is 2.16 bits per heavy atom. The molecule has 1 amide bonds. The summed E-state index contributed by atoms with van der Waals surface area (Å²) < 4.78 is 51.4. The van der Waals surface area contributed by atoms with Crippen LogP contribution in [0, 0.1) is 12.7 Å². The van der Waals surface area contributed by atoms with Crippen molar-refractivity contribution < 1.29 is 27.2 Å². The molecule has 1 aliphatic heterocycles. The van der Waals surface area contributed by atoms with Crippen LogP contribution in [0.3, 0.4) is 0 Å². The Bertz CT molecular complexity index is 844. The van der Waals surface area contributed by atoms with Crippen LogP contribution in [0.15, 0.2) is 29.4 Å². The second-order valence-corrected chi connectivity index (χ2v) is 5.41. The van der Waals surface area contributed by atoms with Gasteiger partial charge in [-0.3, -0.25) is 9.89 Å². The molecular formula is C15H12F4N4O2. The molecule has 0 bridgehead atoms. The van der Waals surface area contributed by atoms with Gasteiger partial charge in [0, 0.05) is 17.5 Å². The summed E-state index contributed by atoms with van der Waals surface area (Å²) in [7, 11) is 0. The van der Waals surface area contributed by atoms with Crippen LogP contribution in [0.2, 0.25) is 0 Å². The van der Waals surface area contributed by atoms with E-state index in [0.717, 1.165) is 0 Å². The molecule has 0 saturated heterocycles. The van der Waals surface area contributed by atoms with E-state index in [4.69, 9.17) is 4.84 Å². The molecule has 1 aliphatic rings. The first-order valence-electron chi connectivity index (χ1n) is 7.17. The first-order chi connectivity index (χ1) is 11.8. The number of halogens is 4. The number of oxime groups is 1. The standard InChI is InChI=1S/C15H12F4N4O2/c1-7-12(15(17,18)19)21-22-13(7)20-14(24)11-6-10(23-25-11)8-3-2-4-9(16)5-8/h2-5,11H,6H2,1H3,(H2,20,21,22,24)/t11-/m1/s1. The van der Waals surface area contributed by atoms with Gasteiger partial charge in [-0.1, -0.05) is 17.3 Å². The summed E-state index contributed by atoms with van der Waals surface area (Å²) in [5, 5.41) is 11.3. The van der Waals surface area contributed by atoms with E-state index >= 15 is 0 Å². The van der Waals surface area contributed by atoms with E-state index in [2.05, 4.69) is 15.6 Å². The van der Waals surface area contributed by atoms with Gasteiger partial charge in [0.25, 0.3) is 5.91 Å². The average molecular weight is 356 g/mol. The number of hydrogen-bond acceptors (Lipinski definition) is 4. The Labute approximate surface area is 138 Å². The molecule has 3 rings (SSSR count). The van der Waals surface area contributed by atoms with Crippen LogP contribution in [-0.4, -0.2) is 27.9 Å². The summed E-state index contributed by atoms with van der Waals surface area (Å²) in [6.45, 7) is 1.19. The van der Waals surface area contributed by atoms with E-state index in [9.17, 15) is 22.4 Å². The Morgan fingerprint density at radius 3 is 2.80 bits per heavy atom. The molecule has 0 radical (unpaired) electrons. The van der Waals surface area contributed by atoms with Crippen molar-refractivity contribution in [3.63, 3.8) is 0 Å². The van der Waals surface area contributed by atoms with Crippen molar-refractivity contribution in [3.8, 4) is 0 Å². The third-order valence-corrected chi connectivity index (χ3v) is 3.65. The van der Waals surface area contributed by atoms with Gasteiger partial charge in [-0.05, 0) is 19.1 Å². The zero-order valence-corrected chi connectivity index (χ0v) is 12.8. The second-order valence-electron chi connectivity index (χ2n) is 5.41. The number of H-pyrrole nitrogens is 1. The highest BCUT2D eigenvalue weighted by Crippen LogP contribution is 2.32. The molecule has 25 heavy (non-hydrogen) atoms. The lowest BCUT2D eigenvalue weighted by Gasteiger charge is -2.09. The lowest BCUT2D eigenvalue weighted by Crippen LogP contribution is -2.28. The molecule has 1 aromatic carbocycles. The highest BCUT2D eigenvalue weighted by molar-refractivity contribution is 6.06. The van der Waals surface area contributed by atoms with E-state index in [1.54, 1.807) is 6.07 Å². The first kappa shape index (κ1) is 16.9. The minimum absolute atomic E-state index is 0.0604. The van der Waals surface area contributed by atoms with Gasteiger partial charge in [0.2, 0.25) is 6.10 Å². The molecule has 0 unspecified atom stereocenters. The number of anilines is 1. The van der Waals surface area contributed by atoms with E-state index in [1.165, 1.54) is 25.1 Å². The normalized spacial score (nSPS) is 17.2. The van der Waals surface area contributed by atoms with Crippen molar-refractivity contribution in [2.24, 2.45) is 5.16 Å². The van der Waals surface area contributed by atoms with Gasteiger partial charge in [0.1, 0.15) is 11.5 Å². The molecule has 0 spiro atoms. The van der Waals surface area contributed by atoms with Crippen molar-refractivity contribution in [3.05, 3.63) is 46.9 Å². The fourth-order valence-corrected chi connectivity index (χ4v) is 2.35. The Morgan fingerprint density at radius 1 is 1.40 bits per heavy atom. The van der Waals surface area contributed by atoms with Gasteiger partial charge in [-0.15, -0.1) is 0 Å². The second kappa shape index (κ2) is 6.19. The number of aromatic amines is 1. The van der Waals surface area contributed by atoms with Crippen LogP contribution in [0.25, 0.3) is 0 Å². The number of nitrogens with zero attached hydrogens (tertiary/aromatic N) is 2. The van der Waals surface area contributed by atoms with Gasteiger partial charge >= 0.3 is 6.18 Å². The zero-order valence-electron chi connectivity index (χ0n) is 12.8. The third-order valence-electron chi connectivity index (χ3n) is 3.65. The SMILES string of the molecule is Cc1c(NC(=O)[C@H]2CC(c3cccc(F)c3)=NO2)n[nH]c1C(F)(F)F. The number of rotatable bonds is 3. The number of hydrogen-bond donors (Lipinski definition) is 2. The average Bonchev–Trinajstić information content (AvgIpc) is 3.15. The lowest BCUT2D eigenvalue weighted by atomic mass is 10.0. The fourth-order valence-electron chi connectivity index (χ4n) is 2.35. The van der Waals surface area contributed by atoms with Crippen LogP contribution >= 0.6 is 0 Å². The first-order valence-corrected chi connectivity index (χ1v) is 7.17. The minimum atomic E-state index is -4.60. The predicted molar refractivity (Wildman–Crippen MR) is 79.4 cm³/mol. The molecule has 0 saturated carbocycles. The number of benzene rings is 1. The van der Waals surface area contributed by atoms with Crippen LogP contribution in [-0.2, 0) is 15.8 Å². The van der Waals surface area contributed by atoms with Gasteiger partial charge < -0.3 is 10.2 Å². The van der Waals surface area contributed by atoms with E-state index in [-0.39, 0.29) is 17.8 Å². The highest BCUT2D eigenvalue weighted by atomic mass is 19.4. The number of amides is 1. The van der Waals surface area contributed by atoms with Crippen molar-refractivity contribution in [2.75, 3.05) is 5.32 Å². The maximum Gasteiger partial charge on any atom is 0.433 e. The summed E-state index contributed by atoms with van der Waals surface area (Å²) >= 11 is 0. The maximum absolute atomic E-state index is 13.2. The van der Waals surface area contributed by atoms with Crippen LogP contribution in [0.1, 0.15) is 23.2 Å². The molecule has 10 heteroatoms. The Balaban J connectivity index is 1.67. The maximum atomic E-state index is 13.2. The Kier molecular flexibility index (Phi) is 4.19. The van der Waals surface area contributed by atoms with Crippen molar-refractivity contribution in [2.45, 2.75) is 25.6 Å². The highest BCUT2D eigenvalue weighted by Gasteiger charge is 2.37. The molecule has 1 atom stereocenters. The number of aromatic nitrogens is 2. The van der Waals surface area contributed by atoms with Crippen molar-refractivity contribution in [1.82, 2.24) is 10.2 Å². The van der Waals surface area contributed by atoms with Crippen LogP contribution in [0.5, 0.6) is 0 Å². The van der Waals surface area contributed by atoms with Gasteiger partial charge in [-0.25, -0.2) is 4.39 Å². The summed E-state index contributed by atoms with van der Waals surface area (Å²) in [5.74, 6) is -1.39. The number of alkyl halides is 3. The molecule has 0 fully saturated rings. The molecule has 6 nitrogen and oxygen atoms in total.